The number of hydrogen-bond donors (Lipinski definition) is 0. The van der Waals surface area contributed by atoms with Gasteiger partial charge in [-0.2, -0.15) is 0 Å². The summed E-state index contributed by atoms with van der Waals surface area (Å²) in [6.45, 7) is 1.74. The molecule has 0 aliphatic heterocycles. The average Bonchev–Trinajstić information content (AvgIpc) is 2.65. The minimum absolute atomic E-state index is 0.137. The van der Waals surface area contributed by atoms with E-state index in [1.165, 1.54) is 16.9 Å². The number of hydrogen-bond acceptors (Lipinski definition) is 1. The molecule has 1 aromatic carbocycles. The number of carbonyl (C=O) groups is 1. The lowest BCUT2D eigenvalue weighted by atomic mass is 9.69. The van der Waals surface area contributed by atoms with Crippen molar-refractivity contribution in [3.63, 3.8) is 0 Å². The van der Waals surface area contributed by atoms with Crippen molar-refractivity contribution < 1.29 is 4.79 Å². The topological polar surface area (TPSA) is 17.1 Å². The third-order valence-corrected chi connectivity index (χ3v) is 4.82. The molecule has 18 heavy (non-hydrogen) atoms. The lowest BCUT2D eigenvalue weighted by molar-refractivity contribution is -0.122. The zero-order chi connectivity index (χ0) is 12.8. The number of ketones is 1. The quantitative estimate of drug-likeness (QED) is 0.780. The minimum Gasteiger partial charge on any atom is -0.300 e. The van der Waals surface area contributed by atoms with Crippen molar-refractivity contribution in [1.29, 1.82) is 0 Å². The van der Waals surface area contributed by atoms with Gasteiger partial charge in [0, 0.05) is 15.8 Å². The van der Waals surface area contributed by atoms with Crippen molar-refractivity contribution >= 4 is 33.9 Å². The molecule has 0 heterocycles. The largest absolute Gasteiger partial charge is 0.300 e. The van der Waals surface area contributed by atoms with E-state index in [0.717, 1.165) is 23.7 Å². The smallest absolute Gasteiger partial charge is 0.132 e. The molecule has 0 aromatic heterocycles. The number of halogens is 1. The Morgan fingerprint density at radius 3 is 2.89 bits per heavy atom. The summed E-state index contributed by atoms with van der Waals surface area (Å²) in [6.07, 6.45) is 9.16. The standard InChI is InChI=1S/C16H17BrO/c1-11(18)12-3-2-6-16(8-12)9-13-4-5-15(17)7-14(13)10-16/h4-5,7,9-10,12H,2-3,6,8H2,1H3. The van der Waals surface area contributed by atoms with Gasteiger partial charge in [0.1, 0.15) is 5.78 Å². The normalized spacial score (nSPS) is 29.6. The molecule has 0 radical (unpaired) electrons. The van der Waals surface area contributed by atoms with Crippen LogP contribution in [0.3, 0.4) is 0 Å². The zero-order valence-corrected chi connectivity index (χ0v) is 12.2. The lowest BCUT2D eigenvalue weighted by Crippen LogP contribution is -2.27. The molecule has 0 N–H and O–H groups in total. The van der Waals surface area contributed by atoms with E-state index in [4.69, 9.17) is 0 Å². The van der Waals surface area contributed by atoms with E-state index >= 15 is 0 Å². The molecule has 1 saturated carbocycles. The molecule has 3 rings (SSSR count). The van der Waals surface area contributed by atoms with Gasteiger partial charge in [-0.15, -0.1) is 0 Å². The monoisotopic (exact) mass is 304 g/mol. The summed E-state index contributed by atoms with van der Waals surface area (Å²) < 4.78 is 1.13. The highest BCUT2D eigenvalue weighted by atomic mass is 79.9. The first-order chi connectivity index (χ1) is 8.58. The van der Waals surface area contributed by atoms with Crippen molar-refractivity contribution in [2.75, 3.05) is 0 Å². The van der Waals surface area contributed by atoms with Gasteiger partial charge in [0.05, 0.1) is 0 Å². The van der Waals surface area contributed by atoms with Gasteiger partial charge in [-0.05, 0) is 48.8 Å². The molecular formula is C16H17BrO. The van der Waals surface area contributed by atoms with Gasteiger partial charge in [-0.25, -0.2) is 0 Å². The maximum Gasteiger partial charge on any atom is 0.132 e. The molecule has 0 saturated heterocycles. The van der Waals surface area contributed by atoms with Crippen LogP contribution < -0.4 is 10.4 Å². The van der Waals surface area contributed by atoms with Gasteiger partial charge >= 0.3 is 0 Å². The highest BCUT2D eigenvalue weighted by molar-refractivity contribution is 9.10. The van der Waals surface area contributed by atoms with Crippen LogP contribution in [0.1, 0.15) is 32.6 Å². The molecular weight excluding hydrogens is 288 g/mol. The summed E-state index contributed by atoms with van der Waals surface area (Å²) in [5, 5.41) is 2.64. The number of benzene rings is 1. The van der Waals surface area contributed by atoms with Crippen LogP contribution in [-0.2, 0) is 4.79 Å². The Morgan fingerprint density at radius 2 is 2.11 bits per heavy atom. The van der Waals surface area contributed by atoms with Crippen molar-refractivity contribution in [1.82, 2.24) is 0 Å². The van der Waals surface area contributed by atoms with Crippen LogP contribution in [0.5, 0.6) is 0 Å². The van der Waals surface area contributed by atoms with E-state index in [1.54, 1.807) is 6.92 Å². The highest BCUT2D eigenvalue weighted by Crippen LogP contribution is 2.43. The second-order valence-corrected chi connectivity index (χ2v) is 6.61. The van der Waals surface area contributed by atoms with E-state index in [0.29, 0.717) is 5.78 Å². The van der Waals surface area contributed by atoms with E-state index in [-0.39, 0.29) is 11.3 Å². The van der Waals surface area contributed by atoms with E-state index in [9.17, 15) is 4.79 Å². The van der Waals surface area contributed by atoms with Gasteiger partial charge in [-0.3, -0.25) is 4.79 Å². The number of fused-ring (bicyclic) bond motifs is 1. The molecule has 2 atom stereocenters. The van der Waals surface area contributed by atoms with Crippen LogP contribution in [0.4, 0.5) is 0 Å². The molecule has 0 amide bonds. The molecule has 1 fully saturated rings. The Labute approximate surface area is 116 Å². The Bertz CT molecular complexity index is 616. The lowest BCUT2D eigenvalue weighted by Gasteiger charge is -2.34. The first-order valence-corrected chi connectivity index (χ1v) is 7.39. The highest BCUT2D eigenvalue weighted by Gasteiger charge is 2.35. The van der Waals surface area contributed by atoms with Gasteiger partial charge in [0.25, 0.3) is 0 Å². The van der Waals surface area contributed by atoms with Gasteiger partial charge < -0.3 is 0 Å². The summed E-state index contributed by atoms with van der Waals surface area (Å²) >= 11 is 3.52. The second-order valence-electron chi connectivity index (χ2n) is 5.70. The van der Waals surface area contributed by atoms with Crippen molar-refractivity contribution in [3.05, 3.63) is 33.1 Å². The van der Waals surface area contributed by atoms with Gasteiger partial charge in [0.15, 0.2) is 0 Å². The van der Waals surface area contributed by atoms with Crippen molar-refractivity contribution in [2.24, 2.45) is 11.3 Å². The summed E-state index contributed by atoms with van der Waals surface area (Å²) in [5.74, 6) is 0.608. The van der Waals surface area contributed by atoms with Crippen LogP contribution in [0, 0.1) is 11.3 Å². The number of carbonyl (C=O) groups excluding carboxylic acids is 1. The van der Waals surface area contributed by atoms with E-state index in [1.807, 2.05) is 0 Å². The summed E-state index contributed by atoms with van der Waals surface area (Å²) in [7, 11) is 0. The maximum atomic E-state index is 11.6. The van der Waals surface area contributed by atoms with Crippen LogP contribution in [0.25, 0.3) is 12.2 Å². The molecule has 2 unspecified atom stereocenters. The maximum absolute atomic E-state index is 11.6. The molecule has 1 aromatic rings. The fourth-order valence-electron chi connectivity index (χ4n) is 3.41. The predicted octanol–water partition coefficient (Wildman–Crippen LogP) is 2.79. The van der Waals surface area contributed by atoms with Gasteiger partial charge in [0.2, 0.25) is 0 Å². The third kappa shape index (κ3) is 2.07. The Hall–Kier alpha value is -0.890. The molecule has 1 nitrogen and oxygen atoms in total. The fraction of sp³-hybridized carbons (Fsp3) is 0.438. The third-order valence-electron chi connectivity index (χ3n) is 4.33. The minimum atomic E-state index is 0.137. The second kappa shape index (κ2) is 4.34. The van der Waals surface area contributed by atoms with Crippen LogP contribution in [0.15, 0.2) is 22.7 Å². The van der Waals surface area contributed by atoms with Crippen LogP contribution in [0.2, 0.25) is 0 Å². The molecule has 2 aliphatic rings. The first-order valence-electron chi connectivity index (χ1n) is 6.60. The Kier molecular flexibility index (Phi) is 2.93. The van der Waals surface area contributed by atoms with Crippen LogP contribution >= 0.6 is 15.9 Å². The summed E-state index contributed by atoms with van der Waals surface area (Å²) in [4.78, 5) is 11.6. The molecule has 2 aliphatic carbocycles. The van der Waals surface area contributed by atoms with Crippen LogP contribution in [-0.4, -0.2) is 5.78 Å². The van der Waals surface area contributed by atoms with Gasteiger partial charge in [-0.1, -0.05) is 40.6 Å². The number of rotatable bonds is 1. The van der Waals surface area contributed by atoms with Crippen molar-refractivity contribution in [2.45, 2.75) is 32.6 Å². The number of Topliss-reactive ketones (excluding diaryl/α,β-unsaturated/α-hetero) is 1. The summed E-state index contributed by atoms with van der Waals surface area (Å²) in [5.41, 5.74) is 0.137. The average molecular weight is 305 g/mol. The summed E-state index contributed by atoms with van der Waals surface area (Å²) in [6, 6.07) is 6.44. The molecule has 0 bridgehead atoms. The molecule has 1 spiro atoms. The molecule has 2 heteroatoms. The SMILES string of the molecule is CC(=O)C1CCCC2(C=c3ccc(Br)cc3=C2)C1. The van der Waals surface area contributed by atoms with Crippen molar-refractivity contribution in [3.8, 4) is 0 Å². The van der Waals surface area contributed by atoms with E-state index < -0.39 is 0 Å². The Morgan fingerprint density at radius 1 is 1.33 bits per heavy atom. The first kappa shape index (κ1) is 12.2. The zero-order valence-electron chi connectivity index (χ0n) is 10.6. The van der Waals surface area contributed by atoms with E-state index in [2.05, 4.69) is 46.3 Å². The fourth-order valence-corrected chi connectivity index (χ4v) is 3.79. The molecule has 94 valence electrons. The Balaban J connectivity index is 2.01. The predicted molar refractivity (Wildman–Crippen MR) is 77.4 cm³/mol.